The van der Waals surface area contributed by atoms with E-state index in [9.17, 15) is 14.7 Å². The maximum Gasteiger partial charge on any atom is 0.359 e. The van der Waals surface area contributed by atoms with E-state index in [1.54, 1.807) is 0 Å². The van der Waals surface area contributed by atoms with Gasteiger partial charge in [-0.3, -0.25) is 10.5 Å². The standard InChI is InChI=1S/C6H12N2O8/c1-16-3(10)4(8,11)6(14,15)5(12,13)2(7)9/h11-15H,8H2,1H3,(H2,7,9). The summed E-state index contributed by atoms with van der Waals surface area (Å²) in [5.41, 5.74) is 5.46. The van der Waals surface area contributed by atoms with Gasteiger partial charge in [0.25, 0.3) is 17.4 Å². The summed E-state index contributed by atoms with van der Waals surface area (Å²) in [6.45, 7) is 0. The van der Waals surface area contributed by atoms with Crippen LogP contribution >= 0.6 is 0 Å². The van der Waals surface area contributed by atoms with Crippen molar-refractivity contribution in [2.24, 2.45) is 11.5 Å². The molecule has 10 heteroatoms. The number of primary amides is 1. The first-order valence-electron chi connectivity index (χ1n) is 3.72. The summed E-state index contributed by atoms with van der Waals surface area (Å²) in [7, 11) is 0.719. The highest BCUT2D eigenvalue weighted by Gasteiger charge is 2.67. The first-order chi connectivity index (χ1) is 6.92. The molecule has 0 saturated heterocycles. The van der Waals surface area contributed by atoms with Gasteiger partial charge in [0, 0.05) is 0 Å². The molecule has 94 valence electrons. The summed E-state index contributed by atoms with van der Waals surface area (Å²) in [5, 5.41) is 45.3. The number of esters is 1. The van der Waals surface area contributed by atoms with Crippen LogP contribution in [0.3, 0.4) is 0 Å². The van der Waals surface area contributed by atoms with Gasteiger partial charge < -0.3 is 36.0 Å². The summed E-state index contributed by atoms with van der Waals surface area (Å²) >= 11 is 0. The molecule has 10 nitrogen and oxygen atoms in total. The molecular formula is C6H12N2O8. The van der Waals surface area contributed by atoms with E-state index in [-0.39, 0.29) is 0 Å². The first-order valence-corrected chi connectivity index (χ1v) is 3.72. The van der Waals surface area contributed by atoms with Gasteiger partial charge in [0.1, 0.15) is 0 Å². The minimum absolute atomic E-state index is 0.719. The zero-order chi connectivity index (χ0) is 13.4. The van der Waals surface area contributed by atoms with Crippen LogP contribution in [0.5, 0.6) is 0 Å². The maximum absolute atomic E-state index is 10.9. The van der Waals surface area contributed by atoms with E-state index in [0.29, 0.717) is 0 Å². The highest BCUT2D eigenvalue weighted by Crippen LogP contribution is 2.26. The predicted molar refractivity (Wildman–Crippen MR) is 44.7 cm³/mol. The fourth-order valence-corrected chi connectivity index (χ4v) is 0.735. The second-order valence-electron chi connectivity index (χ2n) is 2.97. The molecule has 0 aromatic heterocycles. The first kappa shape index (κ1) is 14.7. The Hall–Kier alpha value is -1.30. The molecule has 0 spiro atoms. The molecule has 0 aromatic rings. The number of hydrogen-bond acceptors (Lipinski definition) is 9. The second-order valence-corrected chi connectivity index (χ2v) is 2.97. The summed E-state index contributed by atoms with van der Waals surface area (Å²) < 4.78 is 3.87. The zero-order valence-corrected chi connectivity index (χ0v) is 8.12. The molecule has 1 atom stereocenters. The summed E-state index contributed by atoms with van der Waals surface area (Å²) in [6, 6.07) is 0. The van der Waals surface area contributed by atoms with Crippen molar-refractivity contribution >= 4 is 11.9 Å². The molecule has 0 aliphatic carbocycles. The lowest BCUT2D eigenvalue weighted by molar-refractivity contribution is -0.384. The summed E-state index contributed by atoms with van der Waals surface area (Å²) in [5.74, 6) is -12.1. The van der Waals surface area contributed by atoms with Crippen molar-refractivity contribution in [1.29, 1.82) is 0 Å². The number of aliphatic hydroxyl groups is 5. The Bertz CT molecular complexity index is 310. The van der Waals surface area contributed by atoms with Crippen molar-refractivity contribution in [1.82, 2.24) is 0 Å². The molecular weight excluding hydrogens is 228 g/mol. The number of nitrogens with two attached hydrogens (primary N) is 2. The summed E-state index contributed by atoms with van der Waals surface area (Å²) in [4.78, 5) is 21.4. The van der Waals surface area contributed by atoms with Gasteiger partial charge in [-0.15, -0.1) is 0 Å². The number of hydrogen-bond donors (Lipinski definition) is 7. The van der Waals surface area contributed by atoms with Gasteiger partial charge in [-0.2, -0.15) is 0 Å². The lowest BCUT2D eigenvalue weighted by Gasteiger charge is -2.39. The number of carbonyl (C=O) groups is 2. The molecule has 0 rings (SSSR count). The van der Waals surface area contributed by atoms with Gasteiger partial charge in [-0.25, -0.2) is 4.79 Å². The number of amides is 1. The molecule has 1 unspecified atom stereocenters. The van der Waals surface area contributed by atoms with Crippen LogP contribution in [0.2, 0.25) is 0 Å². The normalized spacial score (nSPS) is 16.4. The van der Waals surface area contributed by atoms with Crippen molar-refractivity contribution in [3.8, 4) is 0 Å². The minimum atomic E-state index is -4.17. The number of ether oxygens (including phenoxy) is 1. The van der Waals surface area contributed by atoms with Crippen LogP contribution < -0.4 is 11.5 Å². The Morgan fingerprint density at radius 1 is 1.12 bits per heavy atom. The molecule has 0 fully saturated rings. The van der Waals surface area contributed by atoms with Crippen molar-refractivity contribution in [2.45, 2.75) is 17.3 Å². The number of rotatable bonds is 4. The van der Waals surface area contributed by atoms with Gasteiger partial charge >= 0.3 is 11.8 Å². The quantitative estimate of drug-likeness (QED) is 0.185. The highest BCUT2D eigenvalue weighted by atomic mass is 16.6. The Balaban J connectivity index is 5.51. The molecule has 0 aliphatic heterocycles. The van der Waals surface area contributed by atoms with Crippen molar-refractivity contribution < 1.29 is 39.9 Å². The Morgan fingerprint density at radius 3 is 1.75 bits per heavy atom. The smallest absolute Gasteiger partial charge is 0.359 e. The average molecular weight is 240 g/mol. The van der Waals surface area contributed by atoms with Crippen molar-refractivity contribution in [3.05, 3.63) is 0 Å². The van der Waals surface area contributed by atoms with Crippen LogP contribution in [0.15, 0.2) is 0 Å². The fraction of sp³-hybridized carbons (Fsp3) is 0.667. The van der Waals surface area contributed by atoms with Crippen LogP contribution in [0.25, 0.3) is 0 Å². The van der Waals surface area contributed by atoms with E-state index in [1.165, 1.54) is 0 Å². The molecule has 16 heavy (non-hydrogen) atoms. The van der Waals surface area contributed by atoms with E-state index in [0.717, 1.165) is 7.11 Å². The second kappa shape index (κ2) is 3.93. The lowest BCUT2D eigenvalue weighted by atomic mass is 9.94. The van der Waals surface area contributed by atoms with Gasteiger partial charge in [0.15, 0.2) is 0 Å². The number of methoxy groups -OCH3 is 1. The SMILES string of the molecule is COC(=O)C(N)(O)C(O)(O)C(O)(O)C(N)=O. The summed E-state index contributed by atoms with van der Waals surface area (Å²) in [6.07, 6.45) is 0. The van der Waals surface area contributed by atoms with Crippen LogP contribution in [0.1, 0.15) is 0 Å². The van der Waals surface area contributed by atoms with Gasteiger partial charge in [0.05, 0.1) is 7.11 Å². The van der Waals surface area contributed by atoms with E-state index >= 15 is 0 Å². The molecule has 1 amide bonds. The molecule has 0 bridgehead atoms. The topological polar surface area (TPSA) is 197 Å². The zero-order valence-electron chi connectivity index (χ0n) is 8.12. The molecule has 0 aromatic carbocycles. The van der Waals surface area contributed by atoms with E-state index < -0.39 is 29.2 Å². The third kappa shape index (κ3) is 1.84. The van der Waals surface area contributed by atoms with Gasteiger partial charge in [-0.05, 0) is 0 Å². The Labute approximate surface area is 88.7 Å². The fourth-order valence-electron chi connectivity index (χ4n) is 0.735. The third-order valence-electron chi connectivity index (χ3n) is 1.86. The molecule has 0 heterocycles. The largest absolute Gasteiger partial charge is 0.466 e. The Morgan fingerprint density at radius 2 is 1.50 bits per heavy atom. The van der Waals surface area contributed by atoms with Crippen LogP contribution in [0.4, 0.5) is 0 Å². The molecule has 0 radical (unpaired) electrons. The van der Waals surface area contributed by atoms with Crippen molar-refractivity contribution in [3.63, 3.8) is 0 Å². The van der Waals surface area contributed by atoms with Crippen molar-refractivity contribution in [2.75, 3.05) is 7.11 Å². The van der Waals surface area contributed by atoms with E-state index in [4.69, 9.17) is 26.2 Å². The molecule has 9 N–H and O–H groups in total. The number of carbonyl (C=O) groups excluding carboxylic acids is 2. The molecule has 0 aliphatic rings. The van der Waals surface area contributed by atoms with Crippen LogP contribution in [-0.4, -0.2) is 61.8 Å². The minimum Gasteiger partial charge on any atom is -0.466 e. The van der Waals surface area contributed by atoms with E-state index in [1.807, 2.05) is 0 Å². The van der Waals surface area contributed by atoms with Gasteiger partial charge in [0.2, 0.25) is 0 Å². The highest BCUT2D eigenvalue weighted by molar-refractivity contribution is 5.86. The maximum atomic E-state index is 10.9. The predicted octanol–water partition coefficient (Wildman–Crippen LogP) is -5.35. The van der Waals surface area contributed by atoms with Crippen LogP contribution in [-0.2, 0) is 14.3 Å². The third-order valence-corrected chi connectivity index (χ3v) is 1.86. The van der Waals surface area contributed by atoms with E-state index in [2.05, 4.69) is 10.5 Å². The molecule has 0 saturated carbocycles. The lowest BCUT2D eigenvalue weighted by Crippen LogP contribution is -2.78. The monoisotopic (exact) mass is 240 g/mol. The Kier molecular flexibility index (Phi) is 3.61. The van der Waals surface area contributed by atoms with Crippen LogP contribution in [0, 0.1) is 0 Å². The van der Waals surface area contributed by atoms with Gasteiger partial charge in [-0.1, -0.05) is 0 Å². The average Bonchev–Trinajstić information content (AvgIpc) is 2.15.